The summed E-state index contributed by atoms with van der Waals surface area (Å²) in [4.78, 5) is 31.3. The molecular weight excluding hydrogens is 294 g/mol. The maximum Gasteiger partial charge on any atom is 0.308 e. The standard InChI is InChI=1S/C14H20ClN3O3/c1-4-5-9(14(20)21)6-17-13(19)11-10(15)7-16-12(18-11)8(2)3/h7-9H,4-6H2,1-3H3,(H,17,19)(H,20,21). The minimum atomic E-state index is -0.922. The number of aliphatic carboxylic acids is 1. The Morgan fingerprint density at radius 1 is 1.43 bits per heavy atom. The van der Waals surface area contributed by atoms with E-state index in [9.17, 15) is 9.59 Å². The molecule has 1 heterocycles. The summed E-state index contributed by atoms with van der Waals surface area (Å²) in [5.41, 5.74) is 0.0796. The van der Waals surface area contributed by atoms with E-state index in [1.165, 1.54) is 6.20 Å². The van der Waals surface area contributed by atoms with Crippen LogP contribution in [-0.4, -0.2) is 33.5 Å². The van der Waals surface area contributed by atoms with E-state index in [-0.39, 0.29) is 23.2 Å². The van der Waals surface area contributed by atoms with Crippen LogP contribution in [0.25, 0.3) is 0 Å². The maximum atomic E-state index is 12.1. The summed E-state index contributed by atoms with van der Waals surface area (Å²) >= 11 is 5.93. The van der Waals surface area contributed by atoms with Crippen LogP contribution in [0.1, 0.15) is 55.8 Å². The molecule has 1 aromatic rings. The summed E-state index contributed by atoms with van der Waals surface area (Å²) in [7, 11) is 0. The lowest BCUT2D eigenvalue weighted by Crippen LogP contribution is -2.33. The number of carboxylic acids is 1. The topological polar surface area (TPSA) is 92.2 Å². The molecule has 0 aliphatic heterocycles. The molecule has 1 atom stereocenters. The van der Waals surface area contributed by atoms with Crippen molar-refractivity contribution >= 4 is 23.5 Å². The van der Waals surface area contributed by atoms with E-state index in [4.69, 9.17) is 16.7 Å². The van der Waals surface area contributed by atoms with Crippen molar-refractivity contribution in [3.05, 3.63) is 22.7 Å². The number of nitrogens with zero attached hydrogens (tertiary/aromatic N) is 2. The van der Waals surface area contributed by atoms with Crippen molar-refractivity contribution in [3.8, 4) is 0 Å². The average molecular weight is 314 g/mol. The van der Waals surface area contributed by atoms with Crippen LogP contribution in [0.4, 0.5) is 0 Å². The third-order valence-electron chi connectivity index (χ3n) is 2.99. The molecule has 1 rings (SSSR count). The van der Waals surface area contributed by atoms with E-state index in [2.05, 4.69) is 15.3 Å². The van der Waals surface area contributed by atoms with Crippen LogP contribution in [0.5, 0.6) is 0 Å². The highest BCUT2D eigenvalue weighted by Crippen LogP contribution is 2.16. The maximum absolute atomic E-state index is 12.1. The van der Waals surface area contributed by atoms with E-state index < -0.39 is 17.8 Å². The summed E-state index contributed by atoms with van der Waals surface area (Å²) < 4.78 is 0. The van der Waals surface area contributed by atoms with Crippen molar-refractivity contribution in [3.63, 3.8) is 0 Å². The fourth-order valence-electron chi connectivity index (χ4n) is 1.78. The van der Waals surface area contributed by atoms with Crippen molar-refractivity contribution in [2.75, 3.05) is 6.54 Å². The van der Waals surface area contributed by atoms with Gasteiger partial charge in [0.1, 0.15) is 11.5 Å². The zero-order valence-corrected chi connectivity index (χ0v) is 13.1. The highest BCUT2D eigenvalue weighted by Gasteiger charge is 2.20. The molecule has 1 amide bonds. The van der Waals surface area contributed by atoms with Gasteiger partial charge in [-0.2, -0.15) is 0 Å². The minimum absolute atomic E-state index is 0.0549. The van der Waals surface area contributed by atoms with Gasteiger partial charge in [0.05, 0.1) is 17.1 Å². The van der Waals surface area contributed by atoms with E-state index >= 15 is 0 Å². The van der Waals surface area contributed by atoms with Crippen LogP contribution >= 0.6 is 11.6 Å². The molecule has 6 nitrogen and oxygen atoms in total. The number of carboxylic acid groups (broad SMARTS) is 1. The number of hydrogen-bond donors (Lipinski definition) is 2. The SMILES string of the molecule is CCCC(CNC(=O)c1nc(C(C)C)ncc1Cl)C(=O)O. The molecule has 116 valence electrons. The Kier molecular flexibility index (Phi) is 6.55. The molecule has 0 spiro atoms. The fourth-order valence-corrected chi connectivity index (χ4v) is 1.96. The van der Waals surface area contributed by atoms with Gasteiger partial charge >= 0.3 is 5.97 Å². The molecule has 0 aliphatic carbocycles. The summed E-state index contributed by atoms with van der Waals surface area (Å²) in [5.74, 6) is -1.42. The van der Waals surface area contributed by atoms with Crippen LogP contribution in [-0.2, 0) is 4.79 Å². The van der Waals surface area contributed by atoms with E-state index in [1.807, 2.05) is 20.8 Å². The molecule has 1 aromatic heterocycles. The first kappa shape index (κ1) is 17.4. The van der Waals surface area contributed by atoms with Gasteiger partial charge < -0.3 is 10.4 Å². The molecule has 0 saturated carbocycles. The molecule has 0 radical (unpaired) electrons. The molecule has 0 saturated heterocycles. The fraction of sp³-hybridized carbons (Fsp3) is 0.571. The highest BCUT2D eigenvalue weighted by molar-refractivity contribution is 6.33. The van der Waals surface area contributed by atoms with E-state index in [0.717, 1.165) is 6.42 Å². The smallest absolute Gasteiger partial charge is 0.308 e. The van der Waals surface area contributed by atoms with Crippen molar-refractivity contribution < 1.29 is 14.7 Å². The van der Waals surface area contributed by atoms with Crippen LogP contribution in [0.15, 0.2) is 6.20 Å². The lowest BCUT2D eigenvalue weighted by atomic mass is 10.0. The lowest BCUT2D eigenvalue weighted by molar-refractivity contribution is -0.141. The number of carbonyl (C=O) groups excluding carboxylic acids is 1. The second kappa shape index (κ2) is 7.93. The van der Waals surface area contributed by atoms with Gasteiger partial charge in [0.2, 0.25) is 0 Å². The van der Waals surface area contributed by atoms with Gasteiger partial charge in [-0.3, -0.25) is 9.59 Å². The largest absolute Gasteiger partial charge is 0.481 e. The summed E-state index contributed by atoms with van der Waals surface area (Å²) in [6, 6.07) is 0. The van der Waals surface area contributed by atoms with Crippen LogP contribution < -0.4 is 5.32 Å². The highest BCUT2D eigenvalue weighted by atomic mass is 35.5. The predicted octanol–water partition coefficient (Wildman–Crippen LogP) is 2.48. The summed E-state index contributed by atoms with van der Waals surface area (Å²) in [6.07, 6.45) is 2.63. The van der Waals surface area contributed by atoms with Gasteiger partial charge in [-0.05, 0) is 6.42 Å². The first-order valence-corrected chi connectivity index (χ1v) is 7.28. The van der Waals surface area contributed by atoms with Crippen molar-refractivity contribution in [1.82, 2.24) is 15.3 Å². The van der Waals surface area contributed by atoms with Gasteiger partial charge in [0.25, 0.3) is 5.91 Å². The van der Waals surface area contributed by atoms with Crippen LogP contribution in [0.2, 0.25) is 5.02 Å². The second-order valence-corrected chi connectivity index (χ2v) is 5.52. The molecule has 21 heavy (non-hydrogen) atoms. The zero-order chi connectivity index (χ0) is 16.0. The lowest BCUT2D eigenvalue weighted by Gasteiger charge is -2.13. The molecule has 0 fully saturated rings. The number of rotatable bonds is 7. The van der Waals surface area contributed by atoms with Gasteiger partial charge in [-0.1, -0.05) is 38.8 Å². The Hall–Kier alpha value is -1.69. The number of aromatic nitrogens is 2. The zero-order valence-electron chi connectivity index (χ0n) is 12.4. The molecule has 0 aliphatic rings. The Bertz CT molecular complexity index is 520. The van der Waals surface area contributed by atoms with Crippen molar-refractivity contribution in [2.45, 2.75) is 39.5 Å². The molecule has 0 bridgehead atoms. The van der Waals surface area contributed by atoms with E-state index in [0.29, 0.717) is 12.2 Å². The number of amides is 1. The van der Waals surface area contributed by atoms with Crippen molar-refractivity contribution in [1.29, 1.82) is 0 Å². The van der Waals surface area contributed by atoms with Gasteiger partial charge in [0, 0.05) is 12.5 Å². The first-order valence-electron chi connectivity index (χ1n) is 6.90. The Balaban J connectivity index is 2.79. The number of halogens is 1. The Morgan fingerprint density at radius 2 is 2.10 bits per heavy atom. The molecule has 1 unspecified atom stereocenters. The molecule has 2 N–H and O–H groups in total. The predicted molar refractivity (Wildman–Crippen MR) is 79.5 cm³/mol. The number of nitrogens with one attached hydrogen (secondary N) is 1. The average Bonchev–Trinajstić information content (AvgIpc) is 2.42. The number of carbonyl (C=O) groups is 2. The van der Waals surface area contributed by atoms with Gasteiger partial charge in [0.15, 0.2) is 0 Å². The molecular formula is C14H20ClN3O3. The monoisotopic (exact) mass is 313 g/mol. The van der Waals surface area contributed by atoms with Crippen LogP contribution in [0.3, 0.4) is 0 Å². The minimum Gasteiger partial charge on any atom is -0.481 e. The quantitative estimate of drug-likeness (QED) is 0.806. The Morgan fingerprint density at radius 3 is 2.62 bits per heavy atom. The van der Waals surface area contributed by atoms with Crippen LogP contribution in [0, 0.1) is 5.92 Å². The van der Waals surface area contributed by atoms with Crippen molar-refractivity contribution in [2.24, 2.45) is 5.92 Å². The molecule has 0 aromatic carbocycles. The summed E-state index contributed by atoms with van der Waals surface area (Å²) in [6.45, 7) is 5.77. The third-order valence-corrected chi connectivity index (χ3v) is 3.27. The number of hydrogen-bond acceptors (Lipinski definition) is 4. The van der Waals surface area contributed by atoms with E-state index in [1.54, 1.807) is 0 Å². The second-order valence-electron chi connectivity index (χ2n) is 5.11. The Labute approximate surface area is 128 Å². The van der Waals surface area contributed by atoms with Gasteiger partial charge in [-0.15, -0.1) is 0 Å². The summed E-state index contributed by atoms with van der Waals surface area (Å²) in [5, 5.41) is 11.8. The first-order chi connectivity index (χ1) is 9.86. The third kappa shape index (κ3) is 4.97. The molecule has 7 heteroatoms. The normalized spacial score (nSPS) is 12.2. The van der Waals surface area contributed by atoms with Gasteiger partial charge in [-0.25, -0.2) is 9.97 Å².